The third kappa shape index (κ3) is 4.47. The van der Waals surface area contributed by atoms with Crippen LogP contribution < -0.4 is 14.6 Å². The topological polar surface area (TPSA) is 45.1 Å². The second kappa shape index (κ2) is 10.3. The third-order valence-electron chi connectivity index (χ3n) is 6.70. The molecule has 2 aliphatic rings. The zero-order valence-electron chi connectivity index (χ0n) is 20.4. The van der Waals surface area contributed by atoms with E-state index in [1.165, 1.54) is 4.88 Å². The lowest BCUT2D eigenvalue weighted by Crippen LogP contribution is -2.58. The van der Waals surface area contributed by atoms with Crippen molar-refractivity contribution in [3.05, 3.63) is 105 Å². The molecule has 0 saturated carbocycles. The summed E-state index contributed by atoms with van der Waals surface area (Å²) in [6.07, 6.45) is 0.795. The van der Waals surface area contributed by atoms with Gasteiger partial charge >= 0.3 is 0 Å². The van der Waals surface area contributed by atoms with E-state index in [0.29, 0.717) is 27.3 Å². The molecular weight excluding hydrogens is 557 g/mol. The monoisotopic (exact) mass is 579 g/mol. The number of para-hydroxylation sites is 1. The number of amides is 1. The number of carbonyl (C=O) groups is 1. The van der Waals surface area contributed by atoms with Crippen LogP contribution in [0, 0.1) is 5.92 Å². The molecule has 2 aliphatic heterocycles. The fraction of sp³-hybridized carbons (Fsp3) is 0.172. The van der Waals surface area contributed by atoms with Gasteiger partial charge in [-0.15, -0.1) is 11.3 Å². The first-order valence-electron chi connectivity index (χ1n) is 12.1. The second-order valence-corrected chi connectivity index (χ2v) is 12.1. The first-order chi connectivity index (χ1) is 18.5. The zero-order chi connectivity index (χ0) is 26.3. The van der Waals surface area contributed by atoms with Crippen molar-refractivity contribution in [2.24, 2.45) is 11.0 Å². The standard InChI is InChI=1S/C29H23Cl2N3O2S2/c1-19-25(17-24-8-5-15-37-24)29(34(32-19)22-6-3-2-4-7-22)33(28(35)18-38-29)21-10-12-23(13-11-21)36-27-14-9-20(30)16-26(27)31/h2-16,25H,17-18H2,1H3/t25-,29-/m0/s1. The Labute approximate surface area is 239 Å². The molecule has 3 aromatic carbocycles. The van der Waals surface area contributed by atoms with Crippen molar-refractivity contribution in [2.45, 2.75) is 18.3 Å². The summed E-state index contributed by atoms with van der Waals surface area (Å²) < 4.78 is 5.99. The molecule has 0 bridgehead atoms. The van der Waals surface area contributed by atoms with Crippen LogP contribution in [0.1, 0.15) is 11.8 Å². The van der Waals surface area contributed by atoms with E-state index in [4.69, 9.17) is 33.0 Å². The minimum absolute atomic E-state index is 0.00149. The fourth-order valence-electron chi connectivity index (χ4n) is 5.01. The van der Waals surface area contributed by atoms with Crippen LogP contribution in [0.15, 0.2) is 95.4 Å². The summed E-state index contributed by atoms with van der Waals surface area (Å²) in [5, 5.41) is 10.1. The fourth-order valence-corrected chi connectivity index (χ4v) is 7.73. The van der Waals surface area contributed by atoms with Crippen LogP contribution >= 0.6 is 46.3 Å². The Balaban J connectivity index is 1.39. The average molecular weight is 581 g/mol. The molecular formula is C29H23Cl2N3O2S2. The maximum absolute atomic E-state index is 13.6. The number of benzene rings is 3. The van der Waals surface area contributed by atoms with Gasteiger partial charge in [-0.1, -0.05) is 59.2 Å². The summed E-state index contributed by atoms with van der Waals surface area (Å²) in [4.78, 5) is 16.0. The van der Waals surface area contributed by atoms with Gasteiger partial charge in [-0.05, 0) is 79.4 Å². The van der Waals surface area contributed by atoms with Gasteiger partial charge in [0.15, 0.2) is 4.99 Å². The van der Waals surface area contributed by atoms with Crippen LogP contribution in [0.2, 0.25) is 10.0 Å². The molecule has 4 aromatic rings. The van der Waals surface area contributed by atoms with Gasteiger partial charge in [-0.3, -0.25) is 9.69 Å². The van der Waals surface area contributed by atoms with Crippen LogP contribution in [0.3, 0.4) is 0 Å². The van der Waals surface area contributed by atoms with E-state index in [1.54, 1.807) is 41.3 Å². The Kier molecular flexibility index (Phi) is 6.86. The molecule has 2 atom stereocenters. The summed E-state index contributed by atoms with van der Waals surface area (Å²) >= 11 is 15.7. The summed E-state index contributed by atoms with van der Waals surface area (Å²) in [6.45, 7) is 2.07. The van der Waals surface area contributed by atoms with Gasteiger partial charge in [0.05, 0.1) is 22.4 Å². The van der Waals surface area contributed by atoms with Crippen molar-refractivity contribution in [3.8, 4) is 11.5 Å². The van der Waals surface area contributed by atoms with Crippen LogP contribution in [0.5, 0.6) is 11.5 Å². The maximum Gasteiger partial charge on any atom is 0.239 e. The van der Waals surface area contributed by atoms with E-state index in [2.05, 4.69) is 24.4 Å². The number of hydrazone groups is 1. The SMILES string of the molecule is CC1=NN(c2ccccc2)[C@]2(SCC(=O)N2c2ccc(Oc3ccc(Cl)cc3Cl)cc2)[C@H]1Cc1cccs1. The molecule has 0 radical (unpaired) electrons. The number of hydrogen-bond donors (Lipinski definition) is 0. The Morgan fingerprint density at radius 3 is 2.50 bits per heavy atom. The number of nitrogens with zero attached hydrogens (tertiary/aromatic N) is 3. The molecule has 0 aliphatic carbocycles. The number of thiophene rings is 1. The lowest BCUT2D eigenvalue weighted by atomic mass is 9.94. The molecule has 192 valence electrons. The van der Waals surface area contributed by atoms with E-state index >= 15 is 0 Å². The highest BCUT2D eigenvalue weighted by atomic mass is 35.5. The highest BCUT2D eigenvalue weighted by Gasteiger charge is 2.60. The van der Waals surface area contributed by atoms with Gasteiger partial charge in [0.2, 0.25) is 5.91 Å². The number of anilines is 2. The smallest absolute Gasteiger partial charge is 0.239 e. The summed E-state index contributed by atoms with van der Waals surface area (Å²) in [5.41, 5.74) is 2.74. The molecule has 1 spiro atoms. The molecule has 9 heteroatoms. The Bertz CT molecular complexity index is 1500. The van der Waals surface area contributed by atoms with E-state index in [-0.39, 0.29) is 11.8 Å². The molecule has 1 amide bonds. The Morgan fingerprint density at radius 1 is 1.00 bits per heavy atom. The highest BCUT2D eigenvalue weighted by Crippen LogP contribution is 2.53. The van der Waals surface area contributed by atoms with Gasteiger partial charge in [-0.2, -0.15) is 5.10 Å². The summed E-state index contributed by atoms with van der Waals surface area (Å²) in [5.74, 6) is 1.54. The van der Waals surface area contributed by atoms with E-state index in [0.717, 1.165) is 23.5 Å². The predicted octanol–water partition coefficient (Wildman–Crippen LogP) is 8.34. The second-order valence-electron chi connectivity index (χ2n) is 9.07. The van der Waals surface area contributed by atoms with Crippen molar-refractivity contribution < 1.29 is 9.53 Å². The van der Waals surface area contributed by atoms with Gasteiger partial charge in [-0.25, -0.2) is 5.01 Å². The van der Waals surface area contributed by atoms with Gasteiger partial charge in [0.25, 0.3) is 0 Å². The maximum atomic E-state index is 13.6. The van der Waals surface area contributed by atoms with Gasteiger partial charge in [0, 0.05) is 21.3 Å². The highest BCUT2D eigenvalue weighted by molar-refractivity contribution is 8.02. The van der Waals surface area contributed by atoms with Crippen molar-refractivity contribution in [1.82, 2.24) is 0 Å². The van der Waals surface area contributed by atoms with E-state index in [1.807, 2.05) is 64.5 Å². The number of hydrogen-bond acceptors (Lipinski definition) is 6. The number of carbonyl (C=O) groups excluding carboxylic acids is 1. The van der Waals surface area contributed by atoms with Crippen molar-refractivity contribution >= 4 is 69.3 Å². The van der Waals surface area contributed by atoms with Crippen LogP contribution in [0.25, 0.3) is 0 Å². The molecule has 5 nitrogen and oxygen atoms in total. The summed E-state index contributed by atoms with van der Waals surface area (Å²) in [7, 11) is 0. The normalized spacial score (nSPS) is 20.9. The largest absolute Gasteiger partial charge is 0.456 e. The van der Waals surface area contributed by atoms with E-state index in [9.17, 15) is 4.79 Å². The van der Waals surface area contributed by atoms with Crippen LogP contribution in [0.4, 0.5) is 11.4 Å². The van der Waals surface area contributed by atoms with Crippen LogP contribution in [-0.2, 0) is 11.2 Å². The first-order valence-corrected chi connectivity index (χ1v) is 14.7. The molecule has 38 heavy (non-hydrogen) atoms. The number of rotatable bonds is 6. The number of ether oxygens (including phenoxy) is 1. The van der Waals surface area contributed by atoms with E-state index < -0.39 is 4.99 Å². The van der Waals surface area contributed by atoms with Crippen LogP contribution in [-0.4, -0.2) is 22.4 Å². The molecule has 0 unspecified atom stereocenters. The van der Waals surface area contributed by atoms with Gasteiger partial charge in [0.1, 0.15) is 11.5 Å². The Hall–Kier alpha value is -2.97. The predicted molar refractivity (Wildman–Crippen MR) is 159 cm³/mol. The number of thioether (sulfide) groups is 1. The average Bonchev–Trinajstić information content (AvgIpc) is 3.63. The molecule has 6 rings (SSSR count). The molecule has 1 fully saturated rings. The minimum atomic E-state index is -0.728. The van der Waals surface area contributed by atoms with Crippen molar-refractivity contribution in [2.75, 3.05) is 15.7 Å². The molecule has 3 heterocycles. The molecule has 0 N–H and O–H groups in total. The molecule has 1 aromatic heterocycles. The van der Waals surface area contributed by atoms with Gasteiger partial charge < -0.3 is 4.74 Å². The lowest BCUT2D eigenvalue weighted by Gasteiger charge is -2.44. The summed E-state index contributed by atoms with van der Waals surface area (Å²) in [6, 6.07) is 27.0. The minimum Gasteiger partial charge on any atom is -0.456 e. The molecule has 1 saturated heterocycles. The lowest BCUT2D eigenvalue weighted by molar-refractivity contribution is -0.116. The Morgan fingerprint density at radius 2 is 1.79 bits per heavy atom. The zero-order valence-corrected chi connectivity index (χ0v) is 23.5. The van der Waals surface area contributed by atoms with Crippen molar-refractivity contribution in [1.29, 1.82) is 0 Å². The quantitative estimate of drug-likeness (QED) is 0.230. The third-order valence-corrected chi connectivity index (χ3v) is 9.59. The van der Waals surface area contributed by atoms with Crippen molar-refractivity contribution in [3.63, 3.8) is 0 Å². The first kappa shape index (κ1) is 25.3. The number of halogens is 2.